The molecule has 1 unspecified atom stereocenters. The van der Waals surface area contributed by atoms with Crippen molar-refractivity contribution in [1.29, 1.82) is 0 Å². The molecule has 1 atom stereocenters. The minimum absolute atomic E-state index is 0.259. The predicted molar refractivity (Wildman–Crippen MR) is 79.0 cm³/mol. The summed E-state index contributed by atoms with van der Waals surface area (Å²) in [5.41, 5.74) is 2.44. The van der Waals surface area contributed by atoms with E-state index in [1.807, 2.05) is 30.3 Å². The van der Waals surface area contributed by atoms with Gasteiger partial charge in [0.1, 0.15) is 0 Å². The number of para-hydroxylation sites is 1. The van der Waals surface area contributed by atoms with Gasteiger partial charge in [0.2, 0.25) is 11.8 Å². The molecule has 0 spiro atoms. The van der Waals surface area contributed by atoms with Gasteiger partial charge in [-0.3, -0.25) is 0 Å². The van der Waals surface area contributed by atoms with Crippen LogP contribution in [-0.2, 0) is 4.79 Å². The Hall–Kier alpha value is -3.15. The molecule has 0 bridgehead atoms. The molecule has 0 fully saturated rings. The first-order chi connectivity index (χ1) is 10.7. The molecule has 0 radical (unpaired) electrons. The predicted octanol–water partition coefficient (Wildman–Crippen LogP) is 2.84. The van der Waals surface area contributed by atoms with Gasteiger partial charge in [-0.05, 0) is 12.1 Å². The van der Waals surface area contributed by atoms with E-state index in [2.05, 4.69) is 15.2 Å². The molecule has 6 nitrogen and oxygen atoms in total. The van der Waals surface area contributed by atoms with E-state index in [0.717, 1.165) is 28.1 Å². The van der Waals surface area contributed by atoms with E-state index in [4.69, 9.17) is 9.84 Å². The van der Waals surface area contributed by atoms with E-state index >= 15 is 0 Å². The number of nitrogens with one attached hydrogen (secondary N) is 1. The number of H-pyrrole nitrogens is 1. The second-order valence-electron chi connectivity index (χ2n) is 5.01. The molecule has 3 heterocycles. The largest absolute Gasteiger partial charge is 0.478 e. The van der Waals surface area contributed by atoms with Gasteiger partial charge in [-0.15, -0.1) is 0 Å². The second-order valence-corrected chi connectivity index (χ2v) is 5.01. The Morgan fingerprint density at radius 3 is 3.05 bits per heavy atom. The molecule has 0 saturated carbocycles. The van der Waals surface area contributed by atoms with E-state index < -0.39 is 5.97 Å². The number of pyridine rings is 1. The molecule has 1 aromatic carbocycles. The first kappa shape index (κ1) is 12.6. The van der Waals surface area contributed by atoms with Crippen LogP contribution in [0, 0.1) is 0 Å². The second kappa shape index (κ2) is 4.70. The molecule has 2 N–H and O–H groups in total. The molecule has 0 amide bonds. The zero-order chi connectivity index (χ0) is 15.1. The molecule has 3 aromatic rings. The van der Waals surface area contributed by atoms with Gasteiger partial charge in [0, 0.05) is 28.5 Å². The van der Waals surface area contributed by atoms with E-state index in [9.17, 15) is 4.79 Å². The number of nitrogens with zero attached hydrogens (tertiary/aromatic N) is 2. The smallest absolute Gasteiger partial charge is 0.328 e. The van der Waals surface area contributed by atoms with Crippen molar-refractivity contribution in [1.82, 2.24) is 15.2 Å². The van der Waals surface area contributed by atoms with Crippen LogP contribution in [0.3, 0.4) is 0 Å². The zero-order valence-corrected chi connectivity index (χ0v) is 11.4. The van der Waals surface area contributed by atoms with Gasteiger partial charge in [0.25, 0.3) is 0 Å². The number of allylic oxidation sites excluding steroid dienone is 1. The number of carboxylic acids is 1. The minimum Gasteiger partial charge on any atom is -0.478 e. The number of rotatable bonds is 2. The van der Waals surface area contributed by atoms with Crippen molar-refractivity contribution in [3.63, 3.8) is 0 Å². The number of hydrogen-bond acceptors (Lipinski definition) is 4. The Bertz CT molecular complexity index is 914. The Morgan fingerprint density at radius 2 is 2.18 bits per heavy atom. The van der Waals surface area contributed by atoms with Gasteiger partial charge in [-0.25, -0.2) is 14.9 Å². The van der Waals surface area contributed by atoms with Crippen LogP contribution in [0.5, 0.6) is 11.8 Å². The van der Waals surface area contributed by atoms with Crippen molar-refractivity contribution >= 4 is 16.9 Å². The fourth-order valence-corrected chi connectivity index (χ4v) is 2.66. The molecule has 0 saturated heterocycles. The summed E-state index contributed by atoms with van der Waals surface area (Å²) in [6.07, 6.45) is 4.39. The van der Waals surface area contributed by atoms with E-state index in [-0.39, 0.29) is 5.92 Å². The van der Waals surface area contributed by atoms with Crippen LogP contribution in [0.4, 0.5) is 0 Å². The van der Waals surface area contributed by atoms with E-state index in [1.54, 1.807) is 12.3 Å². The number of aliphatic carboxylic acids is 1. The molecule has 1 aliphatic heterocycles. The van der Waals surface area contributed by atoms with Crippen LogP contribution in [0.1, 0.15) is 17.0 Å². The van der Waals surface area contributed by atoms with Crippen molar-refractivity contribution in [2.24, 2.45) is 0 Å². The van der Waals surface area contributed by atoms with Gasteiger partial charge in [0.05, 0.1) is 11.7 Å². The number of ether oxygens (including phenoxy) is 1. The van der Waals surface area contributed by atoms with E-state index in [1.165, 1.54) is 0 Å². The third-order valence-corrected chi connectivity index (χ3v) is 3.65. The van der Waals surface area contributed by atoms with Crippen LogP contribution >= 0.6 is 0 Å². The lowest BCUT2D eigenvalue weighted by Gasteiger charge is -2.22. The van der Waals surface area contributed by atoms with Gasteiger partial charge in [0.15, 0.2) is 0 Å². The zero-order valence-electron chi connectivity index (χ0n) is 11.4. The van der Waals surface area contributed by atoms with Gasteiger partial charge in [-0.1, -0.05) is 24.3 Å². The van der Waals surface area contributed by atoms with Crippen molar-refractivity contribution < 1.29 is 14.6 Å². The summed E-state index contributed by atoms with van der Waals surface area (Å²) >= 11 is 0. The lowest BCUT2D eigenvalue weighted by molar-refractivity contribution is -0.131. The number of benzene rings is 1. The molecule has 108 valence electrons. The first-order valence-electron chi connectivity index (χ1n) is 6.74. The molecular weight excluding hydrogens is 282 g/mol. The average Bonchev–Trinajstić information content (AvgIpc) is 2.97. The molecule has 2 aromatic heterocycles. The Morgan fingerprint density at radius 1 is 1.32 bits per heavy atom. The summed E-state index contributed by atoms with van der Waals surface area (Å²) < 4.78 is 5.75. The van der Waals surface area contributed by atoms with Gasteiger partial charge in [-0.2, -0.15) is 5.10 Å². The number of fused-ring (bicyclic) bond motifs is 3. The van der Waals surface area contributed by atoms with Crippen molar-refractivity contribution in [2.75, 3.05) is 0 Å². The average molecular weight is 293 g/mol. The Kier molecular flexibility index (Phi) is 2.69. The number of aromatic amines is 1. The Balaban J connectivity index is 1.93. The van der Waals surface area contributed by atoms with Crippen molar-refractivity contribution in [2.45, 2.75) is 5.92 Å². The number of carboxylic acid groups (broad SMARTS) is 1. The minimum atomic E-state index is -0.994. The molecule has 6 heteroatoms. The molecule has 22 heavy (non-hydrogen) atoms. The van der Waals surface area contributed by atoms with Crippen molar-refractivity contribution in [3.05, 3.63) is 59.8 Å². The van der Waals surface area contributed by atoms with Crippen molar-refractivity contribution in [3.8, 4) is 11.8 Å². The summed E-state index contributed by atoms with van der Waals surface area (Å²) in [6.45, 7) is 0. The molecule has 0 aliphatic carbocycles. The molecule has 1 aliphatic rings. The van der Waals surface area contributed by atoms with Crippen LogP contribution in [0.25, 0.3) is 10.9 Å². The first-order valence-corrected chi connectivity index (χ1v) is 6.74. The summed E-state index contributed by atoms with van der Waals surface area (Å²) in [5, 5.41) is 16.6. The maximum atomic E-state index is 10.9. The highest BCUT2D eigenvalue weighted by atomic mass is 16.5. The number of aromatic nitrogens is 3. The van der Waals surface area contributed by atoms with Gasteiger partial charge >= 0.3 is 5.97 Å². The highest BCUT2D eigenvalue weighted by Gasteiger charge is 2.28. The maximum absolute atomic E-state index is 10.9. The molecule has 4 rings (SSSR count). The lowest BCUT2D eigenvalue weighted by atomic mass is 9.91. The van der Waals surface area contributed by atoms with Crippen LogP contribution in [0.15, 0.2) is 48.7 Å². The third-order valence-electron chi connectivity index (χ3n) is 3.65. The van der Waals surface area contributed by atoms with Gasteiger partial charge < -0.3 is 9.84 Å². The lowest BCUT2D eigenvalue weighted by Crippen LogP contribution is -2.09. The topological polar surface area (TPSA) is 88.1 Å². The monoisotopic (exact) mass is 293 g/mol. The highest BCUT2D eigenvalue weighted by molar-refractivity contribution is 5.82. The van der Waals surface area contributed by atoms with E-state index in [0.29, 0.717) is 11.8 Å². The number of hydrogen-bond donors (Lipinski definition) is 2. The fraction of sp³-hybridized carbons (Fsp3) is 0.0625. The maximum Gasteiger partial charge on any atom is 0.328 e. The Labute approximate surface area is 125 Å². The third kappa shape index (κ3) is 1.93. The summed E-state index contributed by atoms with van der Waals surface area (Å²) in [7, 11) is 0. The summed E-state index contributed by atoms with van der Waals surface area (Å²) in [6, 6.07) is 9.69. The molecular formula is C16H11N3O3. The fourth-order valence-electron chi connectivity index (χ4n) is 2.66. The van der Waals surface area contributed by atoms with Crippen LogP contribution in [-0.4, -0.2) is 26.3 Å². The number of carbonyl (C=O) groups is 1. The summed E-state index contributed by atoms with van der Waals surface area (Å²) in [5.74, 6) is -0.289. The normalized spacial score (nSPS) is 16.3. The van der Waals surface area contributed by atoms with Crippen LogP contribution in [0.2, 0.25) is 0 Å². The van der Waals surface area contributed by atoms with Crippen LogP contribution < -0.4 is 4.74 Å². The SMILES string of the molecule is O=C(O)C=CC1c2cc3ccccc3nc2Oc2[nH]ncc21. The summed E-state index contributed by atoms with van der Waals surface area (Å²) in [4.78, 5) is 15.4. The quantitative estimate of drug-likeness (QED) is 0.709. The standard InChI is InChI=1S/C16H11N3O3/c20-14(21)6-5-10-11-7-9-3-1-2-4-13(9)18-15(11)22-16-12(10)8-17-19-16/h1-8,10H,(H,17,19)(H,20,21). The highest BCUT2D eigenvalue weighted by Crippen LogP contribution is 2.43.